The minimum Gasteiger partial charge on any atom is -0.475 e. The molecule has 230 valence electrons. The number of nitrogens with zero attached hydrogens (tertiary/aromatic N) is 5. The van der Waals surface area contributed by atoms with E-state index in [9.17, 15) is 30.7 Å². The summed E-state index contributed by atoms with van der Waals surface area (Å²) in [6.45, 7) is 4.46. The molecule has 0 atom stereocenters. The summed E-state index contributed by atoms with van der Waals surface area (Å²) < 4.78 is 84.9. The van der Waals surface area contributed by atoms with Crippen LogP contribution < -0.4 is 0 Å². The molecule has 0 radical (unpaired) electrons. The van der Waals surface area contributed by atoms with Crippen LogP contribution in [-0.4, -0.2) is 85.8 Å². The van der Waals surface area contributed by atoms with Gasteiger partial charge in [0.25, 0.3) is 0 Å². The van der Waals surface area contributed by atoms with Crippen molar-refractivity contribution in [3.63, 3.8) is 0 Å². The third-order valence-corrected chi connectivity index (χ3v) is 6.49. The number of alkyl halides is 6. The molecule has 42 heavy (non-hydrogen) atoms. The highest BCUT2D eigenvalue weighted by Crippen LogP contribution is 2.39. The number of likely N-dealkylation sites (tertiary alicyclic amines) is 1. The van der Waals surface area contributed by atoms with Crippen LogP contribution in [0.2, 0.25) is 0 Å². The Labute approximate surface area is 234 Å². The summed E-state index contributed by atoms with van der Waals surface area (Å²) in [7, 11) is 2.14. The summed E-state index contributed by atoms with van der Waals surface area (Å²) in [5, 5.41) is 23.2. The van der Waals surface area contributed by atoms with Crippen LogP contribution in [0.15, 0.2) is 47.1 Å². The Morgan fingerprint density at radius 1 is 0.976 bits per heavy atom. The molecule has 10 nitrogen and oxygen atoms in total. The highest BCUT2D eigenvalue weighted by molar-refractivity contribution is 5.73. The first-order valence-corrected chi connectivity index (χ1v) is 12.3. The number of hydrogen-bond acceptors (Lipinski definition) is 7. The van der Waals surface area contributed by atoms with Crippen molar-refractivity contribution in [2.75, 3.05) is 26.7 Å². The molecule has 1 aromatic carbocycles. The largest absolute Gasteiger partial charge is 0.490 e. The lowest BCUT2D eigenvalue weighted by Crippen LogP contribution is -2.55. The number of likely N-dealkylation sites (N-methyl/N-ethyl adjacent to an activating group) is 1. The second-order valence-corrected chi connectivity index (χ2v) is 9.66. The average Bonchev–Trinajstić information content (AvgIpc) is 3.56. The maximum atomic E-state index is 13.5. The molecule has 2 aliphatic heterocycles. The Kier molecular flexibility index (Phi) is 9.98. The van der Waals surface area contributed by atoms with Gasteiger partial charge in [-0.3, -0.25) is 14.4 Å². The molecule has 0 saturated carbocycles. The minimum absolute atomic E-state index is 0.0353. The fourth-order valence-electron chi connectivity index (χ4n) is 4.76. The normalized spacial score (nSPS) is 17.0. The number of carbonyl (C=O) groups is 2. The number of hydrogen-bond donors (Lipinski definition) is 2. The Bertz CT molecular complexity index is 1330. The van der Waals surface area contributed by atoms with Crippen LogP contribution in [0.4, 0.5) is 30.7 Å². The van der Waals surface area contributed by atoms with E-state index in [1.807, 2.05) is 18.2 Å². The minimum atomic E-state index is -5.08. The van der Waals surface area contributed by atoms with Gasteiger partial charge in [0.2, 0.25) is 0 Å². The van der Waals surface area contributed by atoms with Crippen LogP contribution in [0.25, 0.3) is 11.6 Å². The average molecular weight is 609 g/mol. The highest BCUT2D eigenvalue weighted by Gasteiger charge is 2.44. The van der Waals surface area contributed by atoms with E-state index in [4.69, 9.17) is 24.2 Å². The molecule has 1 saturated heterocycles. The fraction of sp³-hybridized carbons (Fsp3) is 0.440. The summed E-state index contributed by atoms with van der Waals surface area (Å²) in [5.74, 6) is -3.09. The third kappa shape index (κ3) is 8.28. The molecule has 1 fully saturated rings. The third-order valence-electron chi connectivity index (χ3n) is 6.49. The number of furan rings is 1. The van der Waals surface area contributed by atoms with Crippen molar-refractivity contribution in [2.45, 2.75) is 43.8 Å². The van der Waals surface area contributed by atoms with Crippen molar-refractivity contribution in [1.82, 2.24) is 24.6 Å². The SMILES string of the molecule is CN1Cc2nnc(-c3ccco3)n2C2(CCN(Cc3cccc(F)c3)CC2)C1.O=C(O)C(F)(F)F.O=C(O)C(F)(F)F. The Balaban J connectivity index is 0.000000289. The number of rotatable bonds is 3. The predicted octanol–water partition coefficient (Wildman–Crippen LogP) is 4.38. The lowest BCUT2D eigenvalue weighted by atomic mass is 9.84. The quantitative estimate of drug-likeness (QED) is 0.417. The second-order valence-electron chi connectivity index (χ2n) is 9.66. The first-order valence-electron chi connectivity index (χ1n) is 12.3. The monoisotopic (exact) mass is 609 g/mol. The van der Waals surface area contributed by atoms with Gasteiger partial charge in [-0.15, -0.1) is 10.2 Å². The number of halogens is 7. The molecule has 2 aliphatic rings. The Morgan fingerprint density at radius 2 is 1.57 bits per heavy atom. The van der Waals surface area contributed by atoms with Gasteiger partial charge in [-0.2, -0.15) is 26.3 Å². The van der Waals surface area contributed by atoms with E-state index in [-0.39, 0.29) is 11.4 Å². The van der Waals surface area contributed by atoms with Crippen molar-refractivity contribution in [1.29, 1.82) is 0 Å². The Hall–Kier alpha value is -3.99. The van der Waals surface area contributed by atoms with Crippen molar-refractivity contribution < 1.29 is 55.0 Å². The fourth-order valence-corrected chi connectivity index (χ4v) is 4.76. The molecule has 3 aromatic rings. The lowest BCUT2D eigenvalue weighted by Gasteiger charge is -2.48. The molecule has 0 bridgehead atoms. The van der Waals surface area contributed by atoms with Crippen molar-refractivity contribution in [3.8, 4) is 11.6 Å². The van der Waals surface area contributed by atoms with E-state index in [2.05, 4.69) is 31.6 Å². The van der Waals surface area contributed by atoms with Gasteiger partial charge < -0.3 is 14.6 Å². The zero-order valence-electron chi connectivity index (χ0n) is 22.0. The van der Waals surface area contributed by atoms with E-state index in [0.29, 0.717) is 0 Å². The maximum Gasteiger partial charge on any atom is 0.490 e. The van der Waals surface area contributed by atoms with Crippen molar-refractivity contribution in [2.24, 2.45) is 0 Å². The topological polar surface area (TPSA) is 125 Å². The molecule has 4 heterocycles. The van der Waals surface area contributed by atoms with Gasteiger partial charge in [-0.05, 0) is 49.7 Å². The first kappa shape index (κ1) is 32.5. The molecule has 0 unspecified atom stereocenters. The van der Waals surface area contributed by atoms with Gasteiger partial charge in [0.15, 0.2) is 11.6 Å². The van der Waals surface area contributed by atoms with E-state index in [1.54, 1.807) is 18.4 Å². The molecule has 1 spiro atoms. The van der Waals surface area contributed by atoms with E-state index >= 15 is 0 Å². The lowest BCUT2D eigenvalue weighted by molar-refractivity contribution is -0.193. The number of fused-ring (bicyclic) bond motifs is 2. The van der Waals surface area contributed by atoms with Crippen LogP contribution in [-0.2, 0) is 28.2 Å². The zero-order valence-corrected chi connectivity index (χ0v) is 22.0. The number of aliphatic carboxylic acids is 2. The molecular weight excluding hydrogens is 583 g/mol. The van der Waals surface area contributed by atoms with Crippen LogP contribution in [0.5, 0.6) is 0 Å². The summed E-state index contributed by atoms with van der Waals surface area (Å²) in [5.41, 5.74) is 0.991. The van der Waals surface area contributed by atoms with Gasteiger partial charge in [-0.25, -0.2) is 14.0 Å². The molecule has 2 aromatic heterocycles. The number of carboxylic acid groups (broad SMARTS) is 2. The summed E-state index contributed by atoms with van der Waals surface area (Å²) >= 11 is 0. The Morgan fingerprint density at radius 3 is 2.07 bits per heavy atom. The van der Waals surface area contributed by atoms with Crippen LogP contribution in [0.3, 0.4) is 0 Å². The smallest absolute Gasteiger partial charge is 0.475 e. The standard InChI is InChI=1S/C21H24FN5O.2C2HF3O2/c1-25-14-19-23-24-20(18-6-3-11-28-18)27(19)21(15-25)7-9-26(10-8-21)13-16-4-2-5-17(22)12-16;2*3-2(4,5)1(6)7/h2-6,11-12H,7-10,13-15H2,1H3;2*(H,6,7). The molecule has 5 rings (SSSR count). The zero-order chi connectivity index (χ0) is 31.3. The van der Waals surface area contributed by atoms with E-state index in [1.165, 1.54) is 6.07 Å². The number of benzene rings is 1. The van der Waals surface area contributed by atoms with Crippen LogP contribution in [0, 0.1) is 5.82 Å². The van der Waals surface area contributed by atoms with E-state index < -0.39 is 24.3 Å². The van der Waals surface area contributed by atoms with Crippen molar-refractivity contribution in [3.05, 3.63) is 59.9 Å². The highest BCUT2D eigenvalue weighted by atomic mass is 19.4. The van der Waals surface area contributed by atoms with Gasteiger partial charge in [0.1, 0.15) is 11.6 Å². The predicted molar refractivity (Wildman–Crippen MR) is 130 cm³/mol. The molecule has 17 heteroatoms. The molecule has 0 amide bonds. The van der Waals surface area contributed by atoms with Crippen LogP contribution >= 0.6 is 0 Å². The van der Waals surface area contributed by atoms with E-state index in [0.717, 1.165) is 68.5 Å². The summed E-state index contributed by atoms with van der Waals surface area (Å²) in [6, 6.07) is 10.7. The first-order chi connectivity index (χ1) is 19.5. The summed E-state index contributed by atoms with van der Waals surface area (Å²) in [4.78, 5) is 22.5. The number of carboxylic acids is 2. The molecule has 2 N–H and O–H groups in total. The number of piperidine rings is 1. The maximum absolute atomic E-state index is 13.5. The van der Waals surface area contributed by atoms with Gasteiger partial charge in [-0.1, -0.05) is 12.1 Å². The van der Waals surface area contributed by atoms with Gasteiger partial charge in [0.05, 0.1) is 18.3 Å². The van der Waals surface area contributed by atoms with Gasteiger partial charge in [0, 0.05) is 26.2 Å². The molecule has 0 aliphatic carbocycles. The van der Waals surface area contributed by atoms with Crippen molar-refractivity contribution >= 4 is 11.9 Å². The summed E-state index contributed by atoms with van der Waals surface area (Å²) in [6.07, 6.45) is -6.48. The van der Waals surface area contributed by atoms with Crippen LogP contribution in [0.1, 0.15) is 24.2 Å². The second kappa shape index (κ2) is 12.9. The molecular formula is C25H26F7N5O5. The van der Waals surface area contributed by atoms with Gasteiger partial charge >= 0.3 is 24.3 Å². The number of aromatic nitrogens is 3.